The molecular formula is C47H41IrN3O2Si-2. The Labute approximate surface area is 332 Å². The molecule has 3 aromatic heterocycles. The third-order valence-electron chi connectivity index (χ3n) is 9.70. The normalized spacial score (nSPS) is 11.1. The van der Waals surface area contributed by atoms with E-state index in [0.717, 1.165) is 83.2 Å². The summed E-state index contributed by atoms with van der Waals surface area (Å²) in [6.07, 6.45) is 4.19. The van der Waals surface area contributed by atoms with Crippen molar-refractivity contribution >= 4 is 46.0 Å². The number of methoxy groups -OCH3 is 1. The number of fused-ring (bicyclic) bond motifs is 4. The largest absolute Gasteiger partial charge is 0.499 e. The molecule has 54 heavy (non-hydrogen) atoms. The quantitative estimate of drug-likeness (QED) is 0.0983. The first-order valence-electron chi connectivity index (χ1n) is 17.4. The Balaban J connectivity index is 0.000000205. The first kappa shape index (κ1) is 37.8. The van der Waals surface area contributed by atoms with Crippen molar-refractivity contribution in [2.24, 2.45) is 0 Å². The van der Waals surface area contributed by atoms with Gasteiger partial charge < -0.3 is 18.3 Å². The van der Waals surface area contributed by atoms with E-state index in [-0.39, 0.29) is 20.1 Å². The number of pyridine rings is 2. The molecular weight excluding hydrogens is 859 g/mol. The van der Waals surface area contributed by atoms with Gasteiger partial charge in [0.15, 0.2) is 0 Å². The zero-order chi connectivity index (χ0) is 37.4. The van der Waals surface area contributed by atoms with Crippen LogP contribution in [0.3, 0.4) is 0 Å². The summed E-state index contributed by atoms with van der Waals surface area (Å²) in [5.74, 6) is 0.835. The number of hydrogen-bond acceptors (Lipinski definition) is 3. The van der Waals surface area contributed by atoms with Gasteiger partial charge in [-0.1, -0.05) is 97.6 Å². The molecule has 271 valence electrons. The number of aromatic nitrogens is 2. The van der Waals surface area contributed by atoms with Gasteiger partial charge in [0.2, 0.25) is 0 Å². The second-order valence-electron chi connectivity index (χ2n) is 14.3. The number of hydrogen-bond donors (Lipinski definition) is 0. The zero-order valence-corrected chi connectivity index (χ0v) is 34.3. The van der Waals surface area contributed by atoms with Crippen LogP contribution in [0.25, 0.3) is 66.4 Å². The third-order valence-corrected chi connectivity index (χ3v) is 11.7. The number of rotatable bonds is 5. The van der Waals surface area contributed by atoms with E-state index in [2.05, 4.69) is 114 Å². The smallest absolute Gasteiger partial charge is 0.134 e. The first-order valence-corrected chi connectivity index (χ1v) is 20.9. The molecule has 0 saturated carbocycles. The fourth-order valence-electron chi connectivity index (χ4n) is 6.63. The Kier molecular flexibility index (Phi) is 10.7. The molecule has 0 aliphatic rings. The molecule has 0 fully saturated rings. The fraction of sp³-hybridized carbons (Fsp3) is 0.0851. The van der Waals surface area contributed by atoms with Crippen LogP contribution in [0, 0.1) is 39.3 Å². The number of nitrogens with zero attached hydrogens (tertiary/aromatic N) is 3. The molecule has 0 bridgehead atoms. The van der Waals surface area contributed by atoms with Gasteiger partial charge in [-0.05, 0) is 46.2 Å². The van der Waals surface area contributed by atoms with Gasteiger partial charge in [0.25, 0.3) is 0 Å². The first-order chi connectivity index (χ1) is 25.4. The molecule has 5 aromatic carbocycles. The SMILES string of the molecule is [CH2-]c1cc2oc3cc(-c4ccc(C#N)cc4)ccc3c2cc1-c1cc2ccccc2c[n+]1[CH2-].[CH2-]c1ccc(OC)cc1-c1ccc([Si](C)(C)C)c[n+]1[CH2-].[Ir]. The molecule has 0 N–H and O–H groups in total. The van der Waals surface area contributed by atoms with Crippen LogP contribution in [0.1, 0.15) is 16.7 Å². The second kappa shape index (κ2) is 15.2. The van der Waals surface area contributed by atoms with Crippen molar-refractivity contribution in [3.63, 3.8) is 0 Å². The van der Waals surface area contributed by atoms with E-state index in [4.69, 9.17) is 14.4 Å². The summed E-state index contributed by atoms with van der Waals surface area (Å²) in [6.45, 7) is 15.4. The second-order valence-corrected chi connectivity index (χ2v) is 19.4. The van der Waals surface area contributed by atoms with Gasteiger partial charge in [0.05, 0.1) is 61.9 Å². The van der Waals surface area contributed by atoms with Gasteiger partial charge in [-0.2, -0.15) is 36.3 Å². The average molecular weight is 900 g/mol. The van der Waals surface area contributed by atoms with Gasteiger partial charge in [-0.3, -0.25) is 0 Å². The Morgan fingerprint density at radius 3 is 2.00 bits per heavy atom. The molecule has 0 amide bonds. The monoisotopic (exact) mass is 900 g/mol. The standard InChI is InChI=1S/C30H19N2O.C17H22NOSi.Ir/c1-19-13-29-27(16-26(19)28-14-22-5-3-4-6-24(22)18-32(28)2)25-12-11-23(15-30(25)33-29)21-9-7-20(17-31)8-10-21;1-13-7-8-14(19-3)11-16(13)17-10-9-15(12-18(17)2)20(4,5)6;/h3-16,18H,1-2H2;7-12H,1-2H2,3-6H3;/q2*-1;. The van der Waals surface area contributed by atoms with Crippen LogP contribution in [-0.4, -0.2) is 15.2 Å². The van der Waals surface area contributed by atoms with Crippen LogP contribution in [0.15, 0.2) is 132 Å². The van der Waals surface area contributed by atoms with E-state index < -0.39 is 8.07 Å². The maximum absolute atomic E-state index is 9.04. The molecule has 8 rings (SSSR count). The van der Waals surface area contributed by atoms with Crippen molar-refractivity contribution in [3.8, 4) is 45.5 Å². The fourth-order valence-corrected chi connectivity index (χ4v) is 7.76. The van der Waals surface area contributed by atoms with Crippen LogP contribution in [-0.2, 0) is 20.1 Å². The van der Waals surface area contributed by atoms with E-state index >= 15 is 0 Å². The van der Waals surface area contributed by atoms with Crippen molar-refractivity contribution in [1.82, 2.24) is 0 Å². The minimum Gasteiger partial charge on any atom is -0.499 e. The topological polar surface area (TPSA) is 53.9 Å². The molecule has 0 spiro atoms. The molecule has 1 radical (unpaired) electrons. The molecule has 0 atom stereocenters. The molecule has 0 aliphatic heterocycles. The zero-order valence-electron chi connectivity index (χ0n) is 30.9. The summed E-state index contributed by atoms with van der Waals surface area (Å²) in [4.78, 5) is 0. The molecule has 3 heterocycles. The van der Waals surface area contributed by atoms with E-state index in [1.807, 2.05) is 76.0 Å². The summed E-state index contributed by atoms with van der Waals surface area (Å²) in [5.41, 5.74) is 10.4. The van der Waals surface area contributed by atoms with Gasteiger partial charge in [-0.15, -0.1) is 23.3 Å². The van der Waals surface area contributed by atoms with E-state index in [9.17, 15) is 0 Å². The number of benzene rings is 5. The number of ether oxygens (including phenoxy) is 1. The van der Waals surface area contributed by atoms with E-state index in [1.54, 1.807) is 7.11 Å². The van der Waals surface area contributed by atoms with Crippen LogP contribution >= 0.6 is 0 Å². The Morgan fingerprint density at radius 2 is 1.31 bits per heavy atom. The molecule has 7 heteroatoms. The number of nitriles is 1. The number of furan rings is 1. The van der Waals surface area contributed by atoms with Crippen LogP contribution in [0.2, 0.25) is 19.6 Å². The van der Waals surface area contributed by atoms with Crippen molar-refractivity contribution in [2.45, 2.75) is 19.6 Å². The Bertz CT molecular complexity index is 2700. The van der Waals surface area contributed by atoms with Gasteiger partial charge >= 0.3 is 0 Å². The van der Waals surface area contributed by atoms with Crippen LogP contribution in [0.5, 0.6) is 5.75 Å². The van der Waals surface area contributed by atoms with Crippen molar-refractivity contribution in [2.75, 3.05) is 7.11 Å². The molecule has 0 aliphatic carbocycles. The minimum atomic E-state index is -1.32. The average Bonchev–Trinajstić information content (AvgIpc) is 3.51. The van der Waals surface area contributed by atoms with Gasteiger partial charge in [0.1, 0.15) is 5.58 Å². The third kappa shape index (κ3) is 7.46. The van der Waals surface area contributed by atoms with E-state index in [0.29, 0.717) is 5.56 Å². The maximum Gasteiger partial charge on any atom is 0.134 e. The predicted molar refractivity (Wildman–Crippen MR) is 219 cm³/mol. The maximum atomic E-state index is 9.04. The van der Waals surface area contributed by atoms with Crippen molar-refractivity contribution in [1.29, 1.82) is 5.26 Å². The van der Waals surface area contributed by atoms with Crippen LogP contribution < -0.4 is 19.1 Å². The summed E-state index contributed by atoms with van der Waals surface area (Å²) in [7, 11) is 8.71. The van der Waals surface area contributed by atoms with Crippen molar-refractivity contribution < 1.29 is 38.4 Å². The summed E-state index contributed by atoms with van der Waals surface area (Å²) in [5, 5.41) is 14.8. The Morgan fingerprint density at radius 1 is 0.648 bits per heavy atom. The summed E-state index contributed by atoms with van der Waals surface area (Å²) < 4.78 is 15.4. The predicted octanol–water partition coefficient (Wildman–Crippen LogP) is 10.1. The Hall–Kier alpha value is -5.90. The van der Waals surface area contributed by atoms with Crippen LogP contribution in [0.4, 0.5) is 0 Å². The molecule has 5 nitrogen and oxygen atoms in total. The van der Waals surface area contributed by atoms with Gasteiger partial charge in [-0.25, -0.2) is 0 Å². The van der Waals surface area contributed by atoms with Gasteiger partial charge in [0, 0.05) is 45.0 Å². The summed E-state index contributed by atoms with van der Waals surface area (Å²) in [6, 6.07) is 40.8. The molecule has 0 unspecified atom stereocenters. The minimum absolute atomic E-state index is 0. The van der Waals surface area contributed by atoms with Crippen molar-refractivity contribution in [3.05, 3.63) is 172 Å². The van der Waals surface area contributed by atoms with E-state index in [1.165, 1.54) is 5.19 Å². The molecule has 8 aromatic rings. The summed E-state index contributed by atoms with van der Waals surface area (Å²) >= 11 is 0. The molecule has 0 saturated heterocycles.